The molecule has 0 aromatic rings. The fourth-order valence-corrected chi connectivity index (χ4v) is 5.43. The molecule has 0 N–H and O–H groups in total. The quantitative estimate of drug-likeness (QED) is 0.428. The molecule has 2 saturated carbocycles. The fourth-order valence-electron chi connectivity index (χ4n) is 5.43. The molecule has 0 aromatic carbocycles. The first-order valence-corrected chi connectivity index (χ1v) is 9.37. The maximum atomic E-state index is 2.53. The molecule has 2 rings (SSSR count). The van der Waals surface area contributed by atoms with E-state index >= 15 is 0 Å². The Bertz CT molecular complexity index is 354. The highest BCUT2D eigenvalue weighted by molar-refractivity contribution is 4.98. The van der Waals surface area contributed by atoms with Crippen LogP contribution < -0.4 is 0 Å². The van der Waals surface area contributed by atoms with Gasteiger partial charge in [-0.1, -0.05) is 46.8 Å². The van der Waals surface area contributed by atoms with E-state index in [2.05, 4.69) is 53.7 Å². The lowest BCUT2D eigenvalue weighted by Crippen LogP contribution is -2.40. The maximum absolute atomic E-state index is 2.53. The molecule has 0 amide bonds. The van der Waals surface area contributed by atoms with Gasteiger partial charge in [-0.25, -0.2) is 0 Å². The zero-order valence-electron chi connectivity index (χ0n) is 15.4. The summed E-state index contributed by atoms with van der Waals surface area (Å²) in [7, 11) is 0. The van der Waals surface area contributed by atoms with Gasteiger partial charge in [0.2, 0.25) is 0 Å². The van der Waals surface area contributed by atoms with Crippen molar-refractivity contribution in [1.29, 1.82) is 0 Å². The van der Waals surface area contributed by atoms with Crippen molar-refractivity contribution in [3.05, 3.63) is 12.2 Å². The molecule has 0 heterocycles. The van der Waals surface area contributed by atoms with Crippen molar-refractivity contribution in [2.45, 2.75) is 86.5 Å². The van der Waals surface area contributed by atoms with Crippen molar-refractivity contribution in [2.75, 3.05) is 0 Å². The molecule has 0 heteroatoms. The Kier molecular flexibility index (Phi) is 5.27. The van der Waals surface area contributed by atoms with E-state index in [1.165, 1.54) is 44.9 Å². The average Bonchev–Trinajstić information content (AvgIpc) is 3.13. The third-order valence-electron chi connectivity index (χ3n) is 6.50. The van der Waals surface area contributed by atoms with Gasteiger partial charge in [0, 0.05) is 0 Å². The van der Waals surface area contributed by atoms with Crippen LogP contribution in [0.15, 0.2) is 12.2 Å². The highest BCUT2D eigenvalue weighted by Crippen LogP contribution is 2.58. The summed E-state index contributed by atoms with van der Waals surface area (Å²) in [5, 5.41) is 0. The molecule has 21 heavy (non-hydrogen) atoms. The molecule has 0 radical (unpaired) electrons. The summed E-state index contributed by atoms with van der Waals surface area (Å²) in [6.07, 6.45) is 14.6. The first-order chi connectivity index (χ1) is 9.76. The largest absolute Gasteiger partial charge is 0.0917 e. The van der Waals surface area contributed by atoms with Crippen LogP contribution >= 0.6 is 0 Å². The Morgan fingerprint density at radius 1 is 1.14 bits per heavy atom. The van der Waals surface area contributed by atoms with E-state index in [1.807, 2.05) is 0 Å². The van der Waals surface area contributed by atoms with Gasteiger partial charge in [0.05, 0.1) is 0 Å². The summed E-state index contributed by atoms with van der Waals surface area (Å²) in [6, 6.07) is 0. The summed E-state index contributed by atoms with van der Waals surface area (Å²) < 4.78 is 0. The molecule has 0 nitrogen and oxygen atoms in total. The highest BCUT2D eigenvalue weighted by atomic mass is 14.5. The van der Waals surface area contributed by atoms with Gasteiger partial charge in [-0.2, -0.15) is 0 Å². The summed E-state index contributed by atoms with van der Waals surface area (Å²) in [5.74, 6) is 3.94. The molecule has 122 valence electrons. The van der Waals surface area contributed by atoms with Crippen LogP contribution in [0.5, 0.6) is 0 Å². The molecule has 0 bridgehead atoms. The van der Waals surface area contributed by atoms with Gasteiger partial charge < -0.3 is 0 Å². The maximum Gasteiger partial charge on any atom is -0.0316 e. The molecule has 0 aliphatic heterocycles. The van der Waals surface area contributed by atoms with Crippen molar-refractivity contribution in [3.8, 4) is 0 Å². The zero-order valence-corrected chi connectivity index (χ0v) is 15.4. The smallest absolute Gasteiger partial charge is 0.0316 e. The van der Waals surface area contributed by atoms with Crippen LogP contribution in [0, 0.1) is 34.5 Å². The van der Waals surface area contributed by atoms with Crippen LogP contribution in [0.1, 0.15) is 86.5 Å². The van der Waals surface area contributed by atoms with Crippen LogP contribution in [0.4, 0.5) is 0 Å². The topological polar surface area (TPSA) is 0 Å². The summed E-state index contributed by atoms with van der Waals surface area (Å²) >= 11 is 0. The third-order valence-corrected chi connectivity index (χ3v) is 6.50. The van der Waals surface area contributed by atoms with E-state index < -0.39 is 0 Å². The molecule has 4 unspecified atom stereocenters. The molecule has 2 aliphatic carbocycles. The van der Waals surface area contributed by atoms with E-state index in [4.69, 9.17) is 0 Å². The number of hydrogen-bond donors (Lipinski definition) is 0. The average molecular weight is 291 g/mol. The molecule has 4 atom stereocenters. The van der Waals surface area contributed by atoms with Crippen molar-refractivity contribution >= 4 is 0 Å². The number of rotatable bonds is 8. The van der Waals surface area contributed by atoms with Gasteiger partial charge >= 0.3 is 0 Å². The fraction of sp³-hybridized carbons (Fsp3) is 0.905. The second kappa shape index (κ2) is 6.47. The monoisotopic (exact) mass is 290 g/mol. The van der Waals surface area contributed by atoms with Gasteiger partial charge in [0.25, 0.3) is 0 Å². The van der Waals surface area contributed by atoms with E-state index in [-0.39, 0.29) is 0 Å². The number of hydrogen-bond acceptors (Lipinski definition) is 0. The minimum absolute atomic E-state index is 0.631. The summed E-state index contributed by atoms with van der Waals surface area (Å²) in [4.78, 5) is 0. The van der Waals surface area contributed by atoms with Gasteiger partial charge in [-0.15, -0.1) is 0 Å². The third kappa shape index (κ3) is 4.60. The van der Waals surface area contributed by atoms with E-state index in [9.17, 15) is 0 Å². The first kappa shape index (κ1) is 17.1. The minimum atomic E-state index is 0.631. The lowest BCUT2D eigenvalue weighted by molar-refractivity contribution is -0.00690. The molecule has 0 spiro atoms. The van der Waals surface area contributed by atoms with Gasteiger partial charge in [-0.3, -0.25) is 0 Å². The van der Waals surface area contributed by atoms with Crippen LogP contribution in [-0.4, -0.2) is 0 Å². The zero-order chi connectivity index (χ0) is 15.7. The van der Waals surface area contributed by atoms with Gasteiger partial charge in [0.1, 0.15) is 0 Å². The predicted molar refractivity (Wildman–Crippen MR) is 94.3 cm³/mol. The van der Waals surface area contributed by atoms with Crippen LogP contribution in [0.2, 0.25) is 0 Å². The predicted octanol–water partition coefficient (Wildman–Crippen LogP) is 6.86. The first-order valence-electron chi connectivity index (χ1n) is 9.37. The Hall–Kier alpha value is -0.260. The standard InChI is InChI=1S/C21H38/c1-7-8-9-10-16(2)17(3)19-13-18(19)11-12-21(6)14-20(4,5)15-21/h7-8,16-19H,9-15H2,1-6H3. The summed E-state index contributed by atoms with van der Waals surface area (Å²) in [6.45, 7) is 14.5. The molecule has 0 aromatic heterocycles. The molecular weight excluding hydrogens is 252 g/mol. The van der Waals surface area contributed by atoms with Gasteiger partial charge in [0.15, 0.2) is 0 Å². The number of allylic oxidation sites excluding steroid dienone is 2. The Labute approximate surface area is 133 Å². The van der Waals surface area contributed by atoms with Crippen molar-refractivity contribution in [1.82, 2.24) is 0 Å². The SMILES string of the molecule is CC=CCCC(C)C(C)C1CC1CCC1(C)CC(C)(C)C1. The van der Waals surface area contributed by atoms with Crippen LogP contribution in [-0.2, 0) is 0 Å². The molecule has 2 aliphatic rings. The van der Waals surface area contributed by atoms with E-state index in [0.717, 1.165) is 23.7 Å². The Morgan fingerprint density at radius 3 is 2.38 bits per heavy atom. The van der Waals surface area contributed by atoms with E-state index in [1.54, 1.807) is 0 Å². The molecule has 0 saturated heterocycles. The second-order valence-corrected chi connectivity index (χ2v) is 9.51. The molecule has 2 fully saturated rings. The Balaban J connectivity index is 1.65. The highest BCUT2D eigenvalue weighted by Gasteiger charge is 2.48. The van der Waals surface area contributed by atoms with Crippen molar-refractivity contribution in [3.63, 3.8) is 0 Å². The normalized spacial score (nSPS) is 32.7. The van der Waals surface area contributed by atoms with Gasteiger partial charge in [-0.05, 0) is 86.4 Å². The van der Waals surface area contributed by atoms with Crippen LogP contribution in [0.25, 0.3) is 0 Å². The molecular formula is C21H38. The lowest BCUT2D eigenvalue weighted by atomic mass is 9.54. The van der Waals surface area contributed by atoms with E-state index in [0.29, 0.717) is 10.8 Å². The van der Waals surface area contributed by atoms with Crippen molar-refractivity contribution < 1.29 is 0 Å². The second-order valence-electron chi connectivity index (χ2n) is 9.51. The minimum Gasteiger partial charge on any atom is -0.0917 e. The van der Waals surface area contributed by atoms with Crippen molar-refractivity contribution in [2.24, 2.45) is 34.5 Å². The Morgan fingerprint density at radius 2 is 1.81 bits per heavy atom. The van der Waals surface area contributed by atoms with Crippen LogP contribution in [0.3, 0.4) is 0 Å². The summed E-state index contributed by atoms with van der Waals surface area (Å²) in [5.41, 5.74) is 1.31. The lowest BCUT2D eigenvalue weighted by Gasteiger charge is -2.52.